The molecular formula is C16H20N4O. The molecule has 1 aromatic heterocycles. The first-order valence-corrected chi connectivity index (χ1v) is 7.24. The zero-order valence-electron chi connectivity index (χ0n) is 12.5. The van der Waals surface area contributed by atoms with Crippen LogP contribution in [0.25, 0.3) is 0 Å². The molecule has 0 spiro atoms. The van der Waals surface area contributed by atoms with Gasteiger partial charge in [0.25, 0.3) is 0 Å². The highest BCUT2D eigenvalue weighted by Crippen LogP contribution is 2.28. The minimum atomic E-state index is 0.772. The number of para-hydroxylation sites is 1. The second-order valence-corrected chi connectivity index (χ2v) is 5.49. The normalized spacial score (nSPS) is 16.9. The monoisotopic (exact) mass is 284 g/mol. The predicted octanol–water partition coefficient (Wildman–Crippen LogP) is 2.71. The largest absolute Gasteiger partial charge is 0.411 e. The quantitative estimate of drug-likeness (QED) is 0.681. The van der Waals surface area contributed by atoms with Gasteiger partial charge in [-0.25, -0.2) is 0 Å². The molecule has 0 bridgehead atoms. The number of anilines is 1. The first-order valence-electron chi connectivity index (χ1n) is 7.24. The topological polar surface area (TPSA) is 53.6 Å². The summed E-state index contributed by atoms with van der Waals surface area (Å²) in [5.74, 6) is 0. The van der Waals surface area contributed by atoms with Crippen LogP contribution in [0.15, 0.2) is 35.5 Å². The van der Waals surface area contributed by atoms with E-state index >= 15 is 0 Å². The van der Waals surface area contributed by atoms with Gasteiger partial charge in [-0.1, -0.05) is 23.4 Å². The van der Waals surface area contributed by atoms with Gasteiger partial charge in [0.2, 0.25) is 0 Å². The van der Waals surface area contributed by atoms with Crippen LogP contribution in [-0.2, 0) is 13.6 Å². The second kappa shape index (κ2) is 5.60. The highest BCUT2D eigenvalue weighted by molar-refractivity contribution is 6.05. The molecule has 0 amide bonds. The molecule has 0 saturated heterocycles. The van der Waals surface area contributed by atoms with Crippen LogP contribution in [-0.4, -0.2) is 27.2 Å². The van der Waals surface area contributed by atoms with Gasteiger partial charge in [0.1, 0.15) is 0 Å². The fourth-order valence-electron chi connectivity index (χ4n) is 2.96. The molecule has 1 aliphatic heterocycles. The van der Waals surface area contributed by atoms with E-state index in [4.69, 9.17) is 0 Å². The molecule has 0 unspecified atom stereocenters. The first-order chi connectivity index (χ1) is 10.2. The molecular weight excluding hydrogens is 264 g/mol. The molecule has 5 nitrogen and oxygen atoms in total. The number of nitrogens with zero attached hydrogens (tertiary/aromatic N) is 4. The van der Waals surface area contributed by atoms with E-state index in [1.807, 2.05) is 36.9 Å². The minimum Gasteiger partial charge on any atom is -0.411 e. The van der Waals surface area contributed by atoms with Gasteiger partial charge in [-0.2, -0.15) is 5.10 Å². The third-order valence-electron chi connectivity index (χ3n) is 3.97. The summed E-state index contributed by atoms with van der Waals surface area (Å²) in [7, 11) is 1.98. The minimum absolute atomic E-state index is 0.772. The van der Waals surface area contributed by atoms with Crippen molar-refractivity contribution in [1.82, 2.24) is 9.78 Å². The van der Waals surface area contributed by atoms with Crippen LogP contribution in [0.3, 0.4) is 0 Å². The van der Waals surface area contributed by atoms with Gasteiger partial charge >= 0.3 is 0 Å². The Morgan fingerprint density at radius 2 is 2.14 bits per heavy atom. The Morgan fingerprint density at radius 1 is 1.33 bits per heavy atom. The van der Waals surface area contributed by atoms with Crippen molar-refractivity contribution < 1.29 is 5.21 Å². The maximum absolute atomic E-state index is 9.24. The lowest BCUT2D eigenvalue weighted by molar-refractivity contribution is 0.318. The van der Waals surface area contributed by atoms with Gasteiger partial charge in [0.05, 0.1) is 23.6 Å². The van der Waals surface area contributed by atoms with Crippen molar-refractivity contribution in [3.63, 3.8) is 0 Å². The zero-order valence-corrected chi connectivity index (χ0v) is 12.5. The Kier molecular flexibility index (Phi) is 3.64. The van der Waals surface area contributed by atoms with Crippen molar-refractivity contribution in [3.8, 4) is 0 Å². The fourth-order valence-corrected chi connectivity index (χ4v) is 2.96. The Labute approximate surface area is 124 Å². The molecule has 0 radical (unpaired) electrons. The number of aromatic nitrogens is 2. The maximum atomic E-state index is 9.24. The molecule has 2 aromatic rings. The number of fused-ring (bicyclic) bond motifs is 1. The van der Waals surface area contributed by atoms with E-state index in [1.165, 1.54) is 5.69 Å². The Morgan fingerprint density at radius 3 is 2.86 bits per heavy atom. The molecule has 0 atom stereocenters. The summed E-state index contributed by atoms with van der Waals surface area (Å²) in [5, 5.41) is 17.1. The number of hydrogen-bond donors (Lipinski definition) is 1. The summed E-state index contributed by atoms with van der Waals surface area (Å²) < 4.78 is 1.93. The van der Waals surface area contributed by atoms with Crippen LogP contribution >= 0.6 is 0 Å². The Balaban J connectivity index is 1.97. The molecule has 1 N–H and O–H groups in total. The molecule has 0 aliphatic carbocycles. The summed E-state index contributed by atoms with van der Waals surface area (Å²) >= 11 is 0. The zero-order chi connectivity index (χ0) is 14.8. The van der Waals surface area contributed by atoms with Crippen LogP contribution in [0.1, 0.15) is 29.8 Å². The highest BCUT2D eigenvalue weighted by Gasteiger charge is 2.20. The van der Waals surface area contributed by atoms with Crippen molar-refractivity contribution in [1.29, 1.82) is 0 Å². The van der Waals surface area contributed by atoms with Crippen LogP contribution < -0.4 is 4.90 Å². The van der Waals surface area contributed by atoms with Crippen molar-refractivity contribution in [2.24, 2.45) is 12.2 Å². The van der Waals surface area contributed by atoms with Crippen LogP contribution in [0, 0.1) is 6.92 Å². The van der Waals surface area contributed by atoms with Gasteiger partial charge in [-0.3, -0.25) is 4.68 Å². The molecule has 110 valence electrons. The van der Waals surface area contributed by atoms with Gasteiger partial charge < -0.3 is 10.1 Å². The summed E-state index contributed by atoms with van der Waals surface area (Å²) in [5.41, 5.74) is 5.15. The molecule has 5 heteroatoms. The van der Waals surface area contributed by atoms with Gasteiger partial charge in [0, 0.05) is 24.8 Å². The molecule has 21 heavy (non-hydrogen) atoms. The van der Waals surface area contributed by atoms with Gasteiger partial charge in [-0.05, 0) is 31.9 Å². The molecule has 1 aliphatic rings. The van der Waals surface area contributed by atoms with Gasteiger partial charge in [0.15, 0.2) is 0 Å². The summed E-state index contributed by atoms with van der Waals surface area (Å²) in [6.07, 6.45) is 1.78. The van der Waals surface area contributed by atoms with Crippen LogP contribution in [0.4, 0.5) is 5.69 Å². The van der Waals surface area contributed by atoms with E-state index in [2.05, 4.69) is 27.3 Å². The van der Waals surface area contributed by atoms with Gasteiger partial charge in [-0.15, -0.1) is 0 Å². The summed E-state index contributed by atoms with van der Waals surface area (Å²) in [6.45, 7) is 3.77. The van der Waals surface area contributed by atoms with Crippen molar-refractivity contribution in [2.45, 2.75) is 26.3 Å². The average Bonchev–Trinajstić information content (AvgIpc) is 2.70. The molecule has 2 heterocycles. The predicted molar refractivity (Wildman–Crippen MR) is 83.0 cm³/mol. The van der Waals surface area contributed by atoms with Crippen molar-refractivity contribution in [2.75, 3.05) is 11.4 Å². The molecule has 1 aromatic carbocycles. The fraction of sp³-hybridized carbons (Fsp3) is 0.375. The van der Waals surface area contributed by atoms with E-state index in [0.717, 1.165) is 48.6 Å². The van der Waals surface area contributed by atoms with E-state index < -0.39 is 0 Å². The Hall–Kier alpha value is -2.30. The van der Waals surface area contributed by atoms with E-state index in [0.29, 0.717) is 0 Å². The highest BCUT2D eigenvalue weighted by atomic mass is 16.4. The van der Waals surface area contributed by atoms with E-state index in [9.17, 15) is 5.21 Å². The van der Waals surface area contributed by atoms with Crippen molar-refractivity contribution >= 4 is 11.4 Å². The lowest BCUT2D eigenvalue weighted by atomic mass is 10.1. The van der Waals surface area contributed by atoms with E-state index in [1.54, 1.807) is 0 Å². The smallest absolute Gasteiger partial charge is 0.0889 e. The lowest BCUT2D eigenvalue weighted by Gasteiger charge is -2.24. The maximum Gasteiger partial charge on any atom is 0.0889 e. The summed E-state index contributed by atoms with van der Waals surface area (Å²) in [4.78, 5) is 2.34. The van der Waals surface area contributed by atoms with E-state index in [-0.39, 0.29) is 0 Å². The second-order valence-electron chi connectivity index (χ2n) is 5.49. The number of hydrogen-bond acceptors (Lipinski definition) is 4. The van der Waals surface area contributed by atoms with Crippen LogP contribution in [0.2, 0.25) is 0 Å². The SMILES string of the molecule is Cc1cc(CN2CCC/C(=N/O)c3ccccc32)n(C)n1. The molecule has 0 saturated carbocycles. The Bertz CT molecular complexity index is 675. The lowest BCUT2D eigenvalue weighted by Crippen LogP contribution is -2.24. The first kappa shape index (κ1) is 13.7. The molecule has 3 rings (SSSR count). The average molecular weight is 284 g/mol. The standard InChI is InChI=1S/C16H20N4O/c1-12-10-13(19(2)17-12)11-20-9-5-7-15(18-21)14-6-3-4-8-16(14)20/h3-4,6,8,10,21H,5,7,9,11H2,1-2H3/b18-15-. The number of oxime groups is 1. The number of aryl methyl sites for hydroxylation is 2. The number of rotatable bonds is 2. The third-order valence-corrected chi connectivity index (χ3v) is 3.97. The third kappa shape index (κ3) is 2.63. The number of benzene rings is 1. The van der Waals surface area contributed by atoms with Crippen molar-refractivity contribution in [3.05, 3.63) is 47.3 Å². The molecule has 0 fully saturated rings. The van der Waals surface area contributed by atoms with Crippen LogP contribution in [0.5, 0.6) is 0 Å². The summed E-state index contributed by atoms with van der Waals surface area (Å²) in [6, 6.07) is 10.3.